The van der Waals surface area contributed by atoms with Crippen molar-refractivity contribution in [2.45, 2.75) is 123 Å². The number of aromatic nitrogens is 1. The van der Waals surface area contributed by atoms with Crippen LogP contribution in [-0.4, -0.2) is 81.1 Å². The van der Waals surface area contributed by atoms with E-state index in [9.17, 15) is 24.0 Å². The molecule has 2 fully saturated rings. The average Bonchev–Trinajstić information content (AvgIpc) is 3.41. The minimum atomic E-state index is -0.570. The second-order valence-electron chi connectivity index (χ2n) is 21.6. The van der Waals surface area contributed by atoms with E-state index in [4.69, 9.17) is 62.1 Å². The van der Waals surface area contributed by atoms with Gasteiger partial charge in [0.25, 0.3) is 0 Å². The fraction of sp³-hybridized carbons (Fsp3) is 0.455. The molecule has 0 unspecified atom stereocenters. The lowest BCUT2D eigenvalue weighted by Crippen LogP contribution is -2.27. The number of rotatable bonds is 34. The number of carbonyl (C=O) groups excluding carboxylic acids is 5. The number of aryl methyl sites for hydroxylation is 2. The molecule has 18 nitrogen and oxygen atoms in total. The first kappa shape index (κ1) is 63.3. The quantitative estimate of drug-likeness (QED) is 0.00698. The van der Waals surface area contributed by atoms with Crippen molar-refractivity contribution in [2.75, 3.05) is 46.2 Å². The van der Waals surface area contributed by atoms with Gasteiger partial charge in [0.2, 0.25) is 0 Å². The first-order valence-electron chi connectivity index (χ1n) is 29.6. The van der Waals surface area contributed by atoms with E-state index in [1.165, 1.54) is 17.4 Å². The molecule has 0 bridgehead atoms. The van der Waals surface area contributed by atoms with E-state index < -0.39 is 17.9 Å². The van der Waals surface area contributed by atoms with Crippen LogP contribution < -0.4 is 28.7 Å². The molecule has 2 aliphatic carbocycles. The molecule has 6 aromatic rings. The number of fused-ring (bicyclic) bond motifs is 2. The third-order valence-electron chi connectivity index (χ3n) is 15.0. The summed E-state index contributed by atoms with van der Waals surface area (Å²) in [6, 6.07) is 23.9. The summed E-state index contributed by atoms with van der Waals surface area (Å²) >= 11 is 1.36. The predicted molar refractivity (Wildman–Crippen MR) is 318 cm³/mol. The maximum absolute atomic E-state index is 13.8. The van der Waals surface area contributed by atoms with Gasteiger partial charge < -0.3 is 47.4 Å². The van der Waals surface area contributed by atoms with Gasteiger partial charge in [0.05, 0.1) is 57.9 Å². The maximum Gasteiger partial charge on any atom is 0.330 e. The van der Waals surface area contributed by atoms with E-state index in [1.54, 1.807) is 48.5 Å². The molecular formula is C66H77NO17S. The molecule has 0 aliphatic heterocycles. The number of thiazole rings is 1. The Kier molecular flexibility index (Phi) is 24.6. The van der Waals surface area contributed by atoms with Crippen LogP contribution in [0, 0.1) is 37.5 Å². The summed E-state index contributed by atoms with van der Waals surface area (Å²) in [6.07, 6.45) is 14.8. The van der Waals surface area contributed by atoms with Gasteiger partial charge in [-0.25, -0.2) is 14.6 Å². The van der Waals surface area contributed by atoms with E-state index in [0.717, 1.165) is 111 Å². The first-order chi connectivity index (χ1) is 41.4. The highest BCUT2D eigenvalue weighted by molar-refractivity contribution is 7.22. The lowest BCUT2D eigenvalue weighted by atomic mass is 9.82. The molecule has 0 radical (unpaired) electrons. The van der Waals surface area contributed by atoms with E-state index in [0.29, 0.717) is 115 Å². The van der Waals surface area contributed by atoms with Crippen molar-refractivity contribution in [2.24, 2.45) is 23.7 Å². The summed E-state index contributed by atoms with van der Waals surface area (Å²) in [7, 11) is 0. The van der Waals surface area contributed by atoms with E-state index >= 15 is 0 Å². The Balaban J connectivity index is 0.749. The molecule has 0 amide bonds. The van der Waals surface area contributed by atoms with Crippen LogP contribution in [0.25, 0.3) is 32.0 Å². The fourth-order valence-electron chi connectivity index (χ4n) is 10.2. The minimum absolute atomic E-state index is 0.0104. The predicted octanol–water partition coefficient (Wildman–Crippen LogP) is 14.0. The molecule has 2 saturated carbocycles. The van der Waals surface area contributed by atoms with Gasteiger partial charge in [-0.3, -0.25) is 14.4 Å². The molecule has 2 heterocycles. The first-order valence-corrected chi connectivity index (χ1v) is 30.4. The summed E-state index contributed by atoms with van der Waals surface area (Å²) in [5, 5.41) is 1.59. The van der Waals surface area contributed by atoms with Gasteiger partial charge >= 0.3 is 29.8 Å². The van der Waals surface area contributed by atoms with Gasteiger partial charge in [-0.2, -0.15) is 9.78 Å². The van der Waals surface area contributed by atoms with Gasteiger partial charge in [0.15, 0.2) is 28.0 Å². The third kappa shape index (κ3) is 19.9. The van der Waals surface area contributed by atoms with Crippen molar-refractivity contribution in [3.8, 4) is 45.3 Å². The number of furan rings is 1. The Morgan fingerprint density at radius 1 is 0.565 bits per heavy atom. The number of unbranched alkanes of at least 4 members (excludes halogenated alkanes) is 6. The smallest absolute Gasteiger partial charge is 0.330 e. The van der Waals surface area contributed by atoms with Gasteiger partial charge in [-0.15, -0.1) is 11.3 Å². The molecule has 85 heavy (non-hydrogen) atoms. The van der Waals surface area contributed by atoms with Crippen molar-refractivity contribution in [1.82, 2.24) is 4.98 Å². The molecule has 2 aromatic heterocycles. The molecule has 0 spiro atoms. The Hall–Kier alpha value is -7.74. The number of hydrogen-bond acceptors (Lipinski definition) is 19. The summed E-state index contributed by atoms with van der Waals surface area (Å²) in [5.74, 6) is 1.71. The van der Waals surface area contributed by atoms with Crippen LogP contribution in [0.4, 0.5) is 0 Å². The summed E-state index contributed by atoms with van der Waals surface area (Å²) in [4.78, 5) is 89.1. The topological polar surface area (TPSA) is 213 Å². The standard InChI is InChI=1S/C66H77NO17S/c1-5-59(68)75-36-13-9-7-11-35-74-51-25-29-53(30-26-51)83-78-42-46-17-21-49(22-18-46)66(72)82-56-32-31-55(62-63(56)85-64(67-62)58-41-54-45(4)39-44(3)40-57(54)81-58)84-79-43-47-15-19-48(20-16-47)65(71)80-52-27-23-50(24-28-52)73-34-12-8-10-14-37-76-61(70)33-38-77-60(69)6-2/h5-6,23-32,39-41,46-49H,1-2,7-22,33-38,42-43H2,3-4H3. The molecule has 8 rings (SSSR count). The Bertz CT molecular complexity index is 3150. The van der Waals surface area contributed by atoms with Gasteiger partial charge in [-0.1, -0.05) is 19.2 Å². The lowest BCUT2D eigenvalue weighted by molar-refractivity contribution is -0.218. The normalized spacial score (nSPS) is 16.7. The number of hydrogen-bond donors (Lipinski definition) is 0. The number of ether oxygens (including phenoxy) is 7. The van der Waals surface area contributed by atoms with Crippen molar-refractivity contribution in [3.63, 3.8) is 0 Å². The largest absolute Gasteiger partial charge is 0.494 e. The average molecular weight is 1190 g/mol. The van der Waals surface area contributed by atoms with Crippen molar-refractivity contribution in [1.29, 1.82) is 0 Å². The Morgan fingerprint density at radius 3 is 1.68 bits per heavy atom. The number of carbonyl (C=O) groups is 5. The zero-order chi connectivity index (χ0) is 59.8. The summed E-state index contributed by atoms with van der Waals surface area (Å²) in [6.45, 7) is 13.3. The van der Waals surface area contributed by atoms with Gasteiger partial charge in [-0.05, 0) is 212 Å². The lowest BCUT2D eigenvalue weighted by Gasteiger charge is -2.26. The molecule has 0 atom stereocenters. The summed E-state index contributed by atoms with van der Waals surface area (Å²) in [5.41, 5.74) is 3.43. The van der Waals surface area contributed by atoms with Crippen LogP contribution in [0.1, 0.15) is 120 Å². The zero-order valence-corrected chi connectivity index (χ0v) is 49.5. The van der Waals surface area contributed by atoms with Gasteiger partial charge in [0.1, 0.15) is 39.7 Å². The van der Waals surface area contributed by atoms with Crippen molar-refractivity contribution in [3.05, 3.63) is 115 Å². The molecule has 0 saturated heterocycles. The van der Waals surface area contributed by atoms with Crippen LogP contribution in [0.5, 0.6) is 34.5 Å². The molecule has 454 valence electrons. The zero-order valence-electron chi connectivity index (χ0n) is 48.7. The number of benzene rings is 4. The molecular weight excluding hydrogens is 1110 g/mol. The highest BCUT2D eigenvalue weighted by Gasteiger charge is 2.31. The highest BCUT2D eigenvalue weighted by Crippen LogP contribution is 2.43. The molecule has 4 aromatic carbocycles. The van der Waals surface area contributed by atoms with E-state index in [1.807, 2.05) is 31.2 Å². The summed E-state index contributed by atoms with van der Waals surface area (Å²) < 4.78 is 45.6. The van der Waals surface area contributed by atoms with Crippen LogP contribution in [-0.2, 0) is 48.0 Å². The second-order valence-corrected chi connectivity index (χ2v) is 22.6. The maximum atomic E-state index is 13.8. The van der Waals surface area contributed by atoms with Gasteiger partial charge in [0, 0.05) is 17.5 Å². The molecule has 2 aliphatic rings. The fourth-order valence-corrected chi connectivity index (χ4v) is 11.2. The Labute approximate surface area is 499 Å². The number of nitrogens with zero attached hydrogens (tertiary/aromatic N) is 1. The Morgan fingerprint density at radius 2 is 1.08 bits per heavy atom. The van der Waals surface area contributed by atoms with Crippen LogP contribution in [0.15, 0.2) is 109 Å². The minimum Gasteiger partial charge on any atom is -0.494 e. The third-order valence-corrected chi connectivity index (χ3v) is 16.1. The highest BCUT2D eigenvalue weighted by atomic mass is 32.1. The van der Waals surface area contributed by atoms with Crippen molar-refractivity contribution < 1.29 is 81.1 Å². The SMILES string of the molecule is C=CC(=O)OCCCCCCOc1ccc(OOCC2CCC(C(=O)Oc3ccc(OOCC4CCC(C(=O)Oc5ccc(OCCCCCCOC(=O)CCOC(=O)C=C)cc5)CC4)c4nc(-c5cc6c(C)cc(C)cc6o5)sc34)CC2)cc1. The molecule has 19 heteroatoms. The monoisotopic (exact) mass is 1190 g/mol. The second kappa shape index (κ2) is 33.1. The van der Waals surface area contributed by atoms with E-state index in [2.05, 4.69) is 26.1 Å². The molecule has 0 N–H and O–H groups in total. The van der Waals surface area contributed by atoms with E-state index in [-0.39, 0.29) is 48.6 Å². The van der Waals surface area contributed by atoms with Crippen LogP contribution in [0.2, 0.25) is 0 Å². The van der Waals surface area contributed by atoms with Crippen molar-refractivity contribution >= 4 is 62.4 Å². The number of esters is 5. The van der Waals surface area contributed by atoms with Crippen LogP contribution in [0.3, 0.4) is 0 Å². The van der Waals surface area contributed by atoms with Crippen LogP contribution >= 0.6 is 11.3 Å².